The maximum Gasteiger partial charge on any atom is 0.308 e. The molecule has 1 N–H and O–H groups in total. The van der Waals surface area contributed by atoms with Crippen LogP contribution in [0, 0.1) is 17.7 Å². The molecule has 0 radical (unpaired) electrons. The first-order valence-electron chi connectivity index (χ1n) is 6.24. The quantitative estimate of drug-likeness (QED) is 0.910. The molecule has 1 saturated heterocycles. The number of carboxylic acid groups (broad SMARTS) is 1. The van der Waals surface area contributed by atoms with Gasteiger partial charge in [0.25, 0.3) is 0 Å². The van der Waals surface area contributed by atoms with Crippen molar-refractivity contribution in [3.63, 3.8) is 0 Å². The summed E-state index contributed by atoms with van der Waals surface area (Å²) in [5, 5.41) is 9.02. The maximum absolute atomic E-state index is 12.8. The second kappa shape index (κ2) is 5.49. The number of halogens is 1. The number of benzene rings is 1. The Balaban J connectivity index is 2.12. The van der Waals surface area contributed by atoms with Crippen LogP contribution in [0.5, 0.6) is 0 Å². The molecule has 7 heteroatoms. The third-order valence-corrected chi connectivity index (χ3v) is 5.33. The van der Waals surface area contributed by atoms with E-state index in [1.807, 2.05) is 0 Å². The van der Waals surface area contributed by atoms with Crippen LogP contribution in [-0.2, 0) is 20.6 Å². The van der Waals surface area contributed by atoms with Gasteiger partial charge in [0.05, 0.1) is 11.7 Å². The van der Waals surface area contributed by atoms with Crippen LogP contribution in [0.25, 0.3) is 0 Å². The zero-order valence-electron chi connectivity index (χ0n) is 11.0. The highest BCUT2D eigenvalue weighted by Gasteiger charge is 2.39. The van der Waals surface area contributed by atoms with E-state index in [0.717, 1.165) is 0 Å². The lowest BCUT2D eigenvalue weighted by molar-refractivity contribution is -0.142. The van der Waals surface area contributed by atoms with Crippen molar-refractivity contribution in [2.24, 2.45) is 11.8 Å². The first-order valence-corrected chi connectivity index (χ1v) is 7.85. The van der Waals surface area contributed by atoms with Crippen molar-refractivity contribution in [1.29, 1.82) is 0 Å². The topological polar surface area (TPSA) is 74.7 Å². The Hall–Kier alpha value is -1.47. The Kier molecular flexibility index (Phi) is 4.10. The molecular weight excluding hydrogens is 285 g/mol. The fraction of sp³-hybridized carbons (Fsp3) is 0.462. The van der Waals surface area contributed by atoms with Crippen LogP contribution in [0.1, 0.15) is 12.5 Å². The molecule has 0 spiro atoms. The highest BCUT2D eigenvalue weighted by Crippen LogP contribution is 2.26. The van der Waals surface area contributed by atoms with E-state index in [1.165, 1.54) is 28.6 Å². The largest absolute Gasteiger partial charge is 0.481 e. The highest BCUT2D eigenvalue weighted by atomic mass is 32.2. The van der Waals surface area contributed by atoms with Gasteiger partial charge in [0.2, 0.25) is 10.0 Å². The Bertz CT molecular complexity index is 599. The second-order valence-corrected chi connectivity index (χ2v) is 7.09. The smallest absolute Gasteiger partial charge is 0.308 e. The maximum atomic E-state index is 12.8. The molecule has 0 unspecified atom stereocenters. The molecule has 1 aromatic rings. The van der Waals surface area contributed by atoms with Gasteiger partial charge in [-0.25, -0.2) is 17.1 Å². The molecule has 2 atom stereocenters. The van der Waals surface area contributed by atoms with Gasteiger partial charge >= 0.3 is 5.97 Å². The van der Waals surface area contributed by atoms with Crippen molar-refractivity contribution in [1.82, 2.24) is 4.31 Å². The van der Waals surface area contributed by atoms with Gasteiger partial charge in [-0.3, -0.25) is 4.79 Å². The molecule has 0 amide bonds. The first-order chi connectivity index (χ1) is 9.29. The van der Waals surface area contributed by atoms with Gasteiger partial charge in [-0.2, -0.15) is 0 Å². The Labute approximate surface area is 117 Å². The normalized spacial score (nSPS) is 23.9. The summed E-state index contributed by atoms with van der Waals surface area (Å²) in [5.74, 6) is -2.52. The van der Waals surface area contributed by atoms with Crippen LogP contribution in [0.2, 0.25) is 0 Å². The number of carbonyl (C=O) groups is 1. The highest BCUT2D eigenvalue weighted by molar-refractivity contribution is 7.88. The van der Waals surface area contributed by atoms with Gasteiger partial charge in [0.1, 0.15) is 5.82 Å². The minimum Gasteiger partial charge on any atom is -0.481 e. The molecule has 1 aromatic carbocycles. The van der Waals surface area contributed by atoms with Crippen molar-refractivity contribution in [2.75, 3.05) is 13.1 Å². The van der Waals surface area contributed by atoms with E-state index in [4.69, 9.17) is 5.11 Å². The van der Waals surface area contributed by atoms with Crippen molar-refractivity contribution in [3.05, 3.63) is 35.6 Å². The van der Waals surface area contributed by atoms with E-state index >= 15 is 0 Å². The molecule has 20 heavy (non-hydrogen) atoms. The lowest BCUT2D eigenvalue weighted by Gasteiger charge is -2.16. The van der Waals surface area contributed by atoms with E-state index in [1.54, 1.807) is 6.92 Å². The number of hydrogen-bond donors (Lipinski definition) is 1. The molecule has 0 bridgehead atoms. The second-order valence-electron chi connectivity index (χ2n) is 5.12. The molecule has 2 rings (SSSR count). The average Bonchev–Trinajstić information content (AvgIpc) is 2.75. The Morgan fingerprint density at radius 3 is 2.45 bits per heavy atom. The fourth-order valence-corrected chi connectivity index (χ4v) is 4.00. The van der Waals surface area contributed by atoms with Crippen molar-refractivity contribution < 1.29 is 22.7 Å². The van der Waals surface area contributed by atoms with Crippen LogP contribution in [-0.4, -0.2) is 36.9 Å². The van der Waals surface area contributed by atoms with E-state index in [-0.39, 0.29) is 24.8 Å². The third-order valence-electron chi connectivity index (χ3n) is 3.55. The Morgan fingerprint density at radius 2 is 1.95 bits per heavy atom. The molecule has 0 saturated carbocycles. The molecule has 5 nitrogen and oxygen atoms in total. The average molecular weight is 301 g/mol. The zero-order valence-corrected chi connectivity index (χ0v) is 11.8. The number of nitrogens with zero attached hydrogens (tertiary/aromatic N) is 1. The van der Waals surface area contributed by atoms with Gasteiger partial charge in [0, 0.05) is 13.1 Å². The molecule has 0 aromatic heterocycles. The summed E-state index contributed by atoms with van der Waals surface area (Å²) in [6.07, 6.45) is 0. The molecule has 110 valence electrons. The van der Waals surface area contributed by atoms with Crippen LogP contribution >= 0.6 is 0 Å². The van der Waals surface area contributed by atoms with Crippen LogP contribution < -0.4 is 0 Å². The minimum absolute atomic E-state index is 0.0000278. The predicted molar refractivity (Wildman–Crippen MR) is 70.9 cm³/mol. The van der Waals surface area contributed by atoms with Crippen LogP contribution in [0.3, 0.4) is 0 Å². The number of aliphatic carboxylic acids is 1. The summed E-state index contributed by atoms with van der Waals surface area (Å²) < 4.78 is 38.5. The first kappa shape index (κ1) is 14.9. The van der Waals surface area contributed by atoms with Gasteiger partial charge in [-0.15, -0.1) is 0 Å². The molecule has 0 aliphatic carbocycles. The fourth-order valence-electron chi connectivity index (χ4n) is 2.35. The SMILES string of the molecule is C[C@@H]1CN(S(=O)(=O)Cc2ccc(F)cc2)C[C@H]1C(=O)O. The van der Waals surface area contributed by atoms with E-state index in [2.05, 4.69) is 0 Å². The zero-order chi connectivity index (χ0) is 14.9. The molecule has 1 heterocycles. The van der Waals surface area contributed by atoms with E-state index < -0.39 is 27.7 Å². The van der Waals surface area contributed by atoms with Gasteiger partial charge < -0.3 is 5.11 Å². The third kappa shape index (κ3) is 3.16. The van der Waals surface area contributed by atoms with Gasteiger partial charge in [-0.05, 0) is 23.6 Å². The summed E-state index contributed by atoms with van der Waals surface area (Å²) in [7, 11) is -3.58. The van der Waals surface area contributed by atoms with Crippen LogP contribution in [0.4, 0.5) is 4.39 Å². The summed E-state index contributed by atoms with van der Waals surface area (Å²) in [6, 6.07) is 5.25. The van der Waals surface area contributed by atoms with Crippen molar-refractivity contribution in [2.45, 2.75) is 12.7 Å². The summed E-state index contributed by atoms with van der Waals surface area (Å²) in [6.45, 7) is 1.94. The Morgan fingerprint density at radius 1 is 1.35 bits per heavy atom. The summed E-state index contributed by atoms with van der Waals surface area (Å²) in [4.78, 5) is 11.0. The van der Waals surface area contributed by atoms with Crippen molar-refractivity contribution in [3.8, 4) is 0 Å². The number of hydrogen-bond acceptors (Lipinski definition) is 3. The number of rotatable bonds is 4. The molecule has 1 fully saturated rings. The molecule has 1 aliphatic heterocycles. The molecule has 1 aliphatic rings. The standard InChI is InChI=1S/C13H16FNO4S/c1-9-6-15(7-12(9)13(16)17)20(18,19)8-10-2-4-11(14)5-3-10/h2-5,9,12H,6-8H2,1H3,(H,16,17)/t9-,12-/m1/s1. The van der Waals surface area contributed by atoms with Gasteiger partial charge in [0.15, 0.2) is 0 Å². The number of carboxylic acids is 1. The molecular formula is C13H16FNO4S. The predicted octanol–water partition coefficient (Wildman–Crippen LogP) is 1.31. The van der Waals surface area contributed by atoms with E-state index in [0.29, 0.717) is 5.56 Å². The van der Waals surface area contributed by atoms with E-state index in [9.17, 15) is 17.6 Å². The lowest BCUT2D eigenvalue weighted by Crippen LogP contribution is -2.31. The monoisotopic (exact) mass is 301 g/mol. The summed E-state index contributed by atoms with van der Waals surface area (Å²) >= 11 is 0. The van der Waals surface area contributed by atoms with Gasteiger partial charge in [-0.1, -0.05) is 19.1 Å². The number of sulfonamides is 1. The summed E-state index contributed by atoms with van der Waals surface area (Å²) in [5.41, 5.74) is 0.484. The van der Waals surface area contributed by atoms with Crippen LogP contribution in [0.15, 0.2) is 24.3 Å². The minimum atomic E-state index is -3.58. The lowest BCUT2D eigenvalue weighted by atomic mass is 9.99. The van der Waals surface area contributed by atoms with Crippen molar-refractivity contribution >= 4 is 16.0 Å².